The minimum absolute atomic E-state index is 0.166. The minimum Gasteiger partial charge on any atom is -0.357 e. The molecule has 0 aliphatic heterocycles. The van der Waals surface area contributed by atoms with Gasteiger partial charge in [0, 0.05) is 13.2 Å². The molecule has 0 aromatic rings. The van der Waals surface area contributed by atoms with E-state index >= 15 is 0 Å². The smallest absolute Gasteiger partial charge is 0.134 e. The molecule has 0 N–H and O–H groups in total. The van der Waals surface area contributed by atoms with E-state index in [4.69, 9.17) is 9.47 Å². The van der Waals surface area contributed by atoms with E-state index in [0.717, 1.165) is 31.0 Å². The van der Waals surface area contributed by atoms with Crippen LogP contribution in [-0.2, 0) is 9.47 Å². The van der Waals surface area contributed by atoms with Crippen molar-refractivity contribution in [1.82, 2.24) is 0 Å². The first kappa shape index (κ1) is 13.3. The molecule has 3 unspecified atom stereocenters. The molecular formula is C14H26O2Si. The monoisotopic (exact) mass is 254 g/mol. The molecule has 0 aromatic carbocycles. The third-order valence-electron chi connectivity index (χ3n) is 4.14. The summed E-state index contributed by atoms with van der Waals surface area (Å²) >= 11 is 0. The number of hydrogen-bond donors (Lipinski definition) is 0. The van der Waals surface area contributed by atoms with E-state index in [1.54, 1.807) is 0 Å². The van der Waals surface area contributed by atoms with E-state index < -0.39 is 0 Å². The summed E-state index contributed by atoms with van der Waals surface area (Å²) in [4.78, 5) is 0. The van der Waals surface area contributed by atoms with Crippen LogP contribution in [0.15, 0.2) is 12.2 Å². The second kappa shape index (κ2) is 6.71. The molecule has 0 aromatic heterocycles. The van der Waals surface area contributed by atoms with Gasteiger partial charge >= 0.3 is 0 Å². The van der Waals surface area contributed by atoms with Crippen LogP contribution >= 0.6 is 0 Å². The van der Waals surface area contributed by atoms with Gasteiger partial charge < -0.3 is 9.47 Å². The molecular weight excluding hydrogens is 228 g/mol. The Kier molecular flexibility index (Phi) is 5.26. The lowest BCUT2D eigenvalue weighted by molar-refractivity contribution is -0.0828. The SMILES string of the molecule is CCOC(OCC)[SiH2]CCC1CC2C=CC1C2. The summed E-state index contributed by atoms with van der Waals surface area (Å²) in [6.45, 7) is 5.69. The van der Waals surface area contributed by atoms with Crippen molar-refractivity contribution in [2.45, 2.75) is 45.1 Å². The number of hydrogen-bond acceptors (Lipinski definition) is 2. The summed E-state index contributed by atoms with van der Waals surface area (Å²) in [7, 11) is -0.214. The van der Waals surface area contributed by atoms with Crippen LogP contribution in [0.5, 0.6) is 0 Å². The van der Waals surface area contributed by atoms with E-state index in [0.29, 0.717) is 0 Å². The highest BCUT2D eigenvalue weighted by Gasteiger charge is 2.34. The fourth-order valence-corrected chi connectivity index (χ4v) is 5.26. The van der Waals surface area contributed by atoms with Gasteiger partial charge in [0.15, 0.2) is 0 Å². The zero-order valence-electron chi connectivity index (χ0n) is 11.2. The van der Waals surface area contributed by atoms with Crippen molar-refractivity contribution in [3.05, 3.63) is 12.2 Å². The highest BCUT2D eigenvalue weighted by Crippen LogP contribution is 2.45. The molecule has 1 fully saturated rings. The minimum atomic E-state index is -0.214. The van der Waals surface area contributed by atoms with Crippen LogP contribution in [0.2, 0.25) is 6.04 Å². The molecule has 2 rings (SSSR count). The van der Waals surface area contributed by atoms with Gasteiger partial charge in [-0.3, -0.25) is 0 Å². The van der Waals surface area contributed by atoms with E-state index in [1.165, 1.54) is 25.3 Å². The predicted octanol–water partition coefficient (Wildman–Crippen LogP) is 2.53. The normalized spacial score (nSPS) is 31.4. The fraction of sp³-hybridized carbons (Fsp3) is 0.857. The Hall–Kier alpha value is -0.123. The molecule has 3 heteroatoms. The second-order valence-corrected chi connectivity index (χ2v) is 7.26. The molecule has 2 bridgehead atoms. The summed E-state index contributed by atoms with van der Waals surface area (Å²) in [6.07, 6.45) is 9.19. The van der Waals surface area contributed by atoms with Crippen molar-refractivity contribution < 1.29 is 9.47 Å². The maximum atomic E-state index is 5.63. The molecule has 0 spiro atoms. The number of rotatable bonds is 8. The van der Waals surface area contributed by atoms with Crippen LogP contribution < -0.4 is 0 Å². The first-order valence-corrected chi connectivity index (χ1v) is 9.06. The van der Waals surface area contributed by atoms with Crippen LogP contribution in [-0.4, -0.2) is 28.6 Å². The van der Waals surface area contributed by atoms with Gasteiger partial charge in [0.05, 0.1) is 9.52 Å². The molecule has 3 atom stereocenters. The van der Waals surface area contributed by atoms with E-state index in [2.05, 4.69) is 26.0 Å². The topological polar surface area (TPSA) is 18.5 Å². The lowest BCUT2D eigenvalue weighted by Crippen LogP contribution is -2.25. The second-order valence-electron chi connectivity index (χ2n) is 5.31. The molecule has 17 heavy (non-hydrogen) atoms. The predicted molar refractivity (Wildman–Crippen MR) is 73.9 cm³/mol. The van der Waals surface area contributed by atoms with Gasteiger partial charge in [-0.2, -0.15) is 0 Å². The van der Waals surface area contributed by atoms with Gasteiger partial charge in [0.1, 0.15) is 5.91 Å². The van der Waals surface area contributed by atoms with E-state index in [9.17, 15) is 0 Å². The van der Waals surface area contributed by atoms with Gasteiger partial charge in [-0.05, 0) is 44.4 Å². The van der Waals surface area contributed by atoms with Crippen LogP contribution in [0.1, 0.15) is 33.1 Å². The maximum absolute atomic E-state index is 5.63. The van der Waals surface area contributed by atoms with Crippen LogP contribution in [0.4, 0.5) is 0 Å². The average molecular weight is 254 g/mol. The van der Waals surface area contributed by atoms with Crippen molar-refractivity contribution in [2.24, 2.45) is 17.8 Å². The molecule has 98 valence electrons. The highest BCUT2D eigenvalue weighted by molar-refractivity contribution is 6.36. The Balaban J connectivity index is 1.63. The van der Waals surface area contributed by atoms with Gasteiger partial charge in [-0.25, -0.2) is 0 Å². The quantitative estimate of drug-likeness (QED) is 0.376. The number of ether oxygens (including phenoxy) is 2. The van der Waals surface area contributed by atoms with Crippen molar-refractivity contribution in [3.8, 4) is 0 Å². The molecule has 2 aliphatic carbocycles. The highest BCUT2D eigenvalue weighted by atomic mass is 28.2. The van der Waals surface area contributed by atoms with Crippen molar-refractivity contribution in [1.29, 1.82) is 0 Å². The summed E-state index contributed by atoms with van der Waals surface area (Å²) in [5, 5.41) is 0. The van der Waals surface area contributed by atoms with Crippen LogP contribution in [0.25, 0.3) is 0 Å². The van der Waals surface area contributed by atoms with Gasteiger partial charge in [0.25, 0.3) is 0 Å². The Morgan fingerprint density at radius 1 is 1.18 bits per heavy atom. The lowest BCUT2D eigenvalue weighted by Gasteiger charge is -2.20. The van der Waals surface area contributed by atoms with Crippen molar-refractivity contribution in [2.75, 3.05) is 13.2 Å². The molecule has 2 aliphatic rings. The summed E-state index contributed by atoms with van der Waals surface area (Å²) < 4.78 is 11.3. The third kappa shape index (κ3) is 3.67. The van der Waals surface area contributed by atoms with E-state index in [1.807, 2.05) is 0 Å². The van der Waals surface area contributed by atoms with Crippen LogP contribution in [0, 0.1) is 17.8 Å². The largest absolute Gasteiger partial charge is 0.357 e. The molecule has 2 nitrogen and oxygen atoms in total. The Labute approximate surface area is 108 Å². The molecule has 1 saturated carbocycles. The molecule has 0 radical (unpaired) electrons. The number of fused-ring (bicyclic) bond motifs is 2. The third-order valence-corrected chi connectivity index (χ3v) is 5.90. The Bertz CT molecular complexity index is 249. The summed E-state index contributed by atoms with van der Waals surface area (Å²) in [6, 6.07) is 1.38. The first-order valence-electron chi connectivity index (χ1n) is 7.25. The van der Waals surface area contributed by atoms with Crippen molar-refractivity contribution >= 4 is 9.52 Å². The van der Waals surface area contributed by atoms with Crippen LogP contribution in [0.3, 0.4) is 0 Å². The summed E-state index contributed by atoms with van der Waals surface area (Å²) in [5.74, 6) is 2.97. The standard InChI is InChI=1S/C14H26O2Si/c1-3-15-14(16-4-2)17-8-7-13-10-11-5-6-12(13)9-11/h5-6,11-14H,3-4,7-10,17H2,1-2H3. The summed E-state index contributed by atoms with van der Waals surface area (Å²) in [5.41, 5.74) is 0. The Morgan fingerprint density at radius 3 is 2.47 bits per heavy atom. The Morgan fingerprint density at radius 2 is 1.94 bits per heavy atom. The average Bonchev–Trinajstić information content (AvgIpc) is 2.91. The van der Waals surface area contributed by atoms with E-state index in [-0.39, 0.29) is 15.4 Å². The first-order chi connectivity index (χ1) is 8.33. The fourth-order valence-electron chi connectivity index (χ4n) is 3.36. The lowest BCUT2D eigenvalue weighted by atomic mass is 9.91. The number of allylic oxidation sites excluding steroid dienone is 2. The zero-order valence-corrected chi connectivity index (χ0v) is 12.6. The van der Waals surface area contributed by atoms with Crippen molar-refractivity contribution in [3.63, 3.8) is 0 Å². The van der Waals surface area contributed by atoms with Gasteiger partial charge in [-0.1, -0.05) is 24.6 Å². The molecule has 0 saturated heterocycles. The molecule has 0 amide bonds. The molecule has 0 heterocycles. The van der Waals surface area contributed by atoms with Gasteiger partial charge in [0.2, 0.25) is 0 Å². The zero-order chi connectivity index (χ0) is 12.1. The maximum Gasteiger partial charge on any atom is 0.134 e. The van der Waals surface area contributed by atoms with Gasteiger partial charge in [-0.15, -0.1) is 0 Å².